The van der Waals surface area contributed by atoms with Crippen LogP contribution in [0.1, 0.15) is 29.8 Å². The fraction of sp³-hybridized carbons (Fsp3) is 0.182. The van der Waals surface area contributed by atoms with Gasteiger partial charge in [0.15, 0.2) is 7.14 Å². The van der Waals surface area contributed by atoms with E-state index in [0.717, 1.165) is 5.56 Å². The van der Waals surface area contributed by atoms with Crippen molar-refractivity contribution in [3.8, 4) is 5.75 Å². The van der Waals surface area contributed by atoms with Gasteiger partial charge in [0, 0.05) is 21.3 Å². The van der Waals surface area contributed by atoms with Gasteiger partial charge in [-0.25, -0.2) is 4.79 Å². The number of carbonyl (C=O) groups is 1. The fourth-order valence-corrected chi connectivity index (χ4v) is 7.52. The molecule has 4 aromatic carbocycles. The minimum absolute atomic E-state index is 0.302. The van der Waals surface area contributed by atoms with Crippen molar-refractivity contribution in [2.45, 2.75) is 20.0 Å². The van der Waals surface area contributed by atoms with Gasteiger partial charge in [0.1, 0.15) is 11.9 Å². The van der Waals surface area contributed by atoms with Crippen molar-refractivity contribution < 1.29 is 23.9 Å². The molecule has 5 nitrogen and oxygen atoms in total. The highest BCUT2D eigenvalue weighted by Gasteiger charge is 2.45. The average molecular weight is 541 g/mol. The number of aliphatic hydroxyl groups excluding tert-OH is 1. The molecule has 0 aromatic heterocycles. The highest BCUT2D eigenvalue weighted by molar-refractivity contribution is 7.82. The Hall–Kier alpha value is -3.92. The Morgan fingerprint density at radius 1 is 0.821 bits per heavy atom. The molecule has 0 spiro atoms. The minimum Gasteiger partial charge on any atom is -0.497 e. The van der Waals surface area contributed by atoms with Crippen LogP contribution in [0.5, 0.6) is 5.75 Å². The minimum atomic E-state index is -3.57. The second-order valence-electron chi connectivity index (χ2n) is 9.92. The summed E-state index contributed by atoms with van der Waals surface area (Å²) < 4.78 is 27.0. The molecule has 0 aliphatic rings. The molecule has 4 aromatic rings. The lowest BCUT2D eigenvalue weighted by Gasteiger charge is -2.37. The molecule has 200 valence electrons. The number of esters is 1. The fourth-order valence-electron chi connectivity index (χ4n) is 4.38. The molecule has 0 saturated carbocycles. The van der Waals surface area contributed by atoms with Crippen molar-refractivity contribution in [1.29, 1.82) is 0 Å². The number of hydrogen-bond acceptors (Lipinski definition) is 5. The molecule has 1 unspecified atom stereocenters. The second kappa shape index (κ2) is 12.3. The smallest absolute Gasteiger partial charge is 0.338 e. The quantitative estimate of drug-likeness (QED) is 0.189. The zero-order valence-electron chi connectivity index (χ0n) is 22.4. The van der Waals surface area contributed by atoms with Gasteiger partial charge >= 0.3 is 5.97 Å². The first-order valence-electron chi connectivity index (χ1n) is 12.7. The first-order valence-corrected chi connectivity index (χ1v) is 14.4. The number of benzene rings is 4. The Labute approximate surface area is 230 Å². The van der Waals surface area contributed by atoms with E-state index in [-0.39, 0.29) is 6.61 Å². The van der Waals surface area contributed by atoms with Crippen LogP contribution in [0, 0.1) is 5.41 Å². The molecular formula is C33H33O5P. The average Bonchev–Trinajstić information content (AvgIpc) is 2.99. The van der Waals surface area contributed by atoms with Gasteiger partial charge in [0.2, 0.25) is 0 Å². The summed E-state index contributed by atoms with van der Waals surface area (Å²) in [4.78, 5) is 13.5. The molecule has 0 bridgehead atoms. The molecule has 0 aliphatic carbocycles. The summed E-state index contributed by atoms with van der Waals surface area (Å²) in [6.07, 6.45) is 0.813. The SMILES string of the molecule is COc1ccc(C(=O)OC(/C(=C\c2ccccc2)P(=O)(c2ccccc2)c2ccccc2)C(C)(C)CO)cc1. The number of ether oxygens (including phenoxy) is 2. The van der Waals surface area contributed by atoms with Crippen molar-refractivity contribution in [1.82, 2.24) is 0 Å². The molecule has 0 fully saturated rings. The monoisotopic (exact) mass is 540 g/mol. The lowest BCUT2D eigenvalue weighted by atomic mass is 9.86. The highest BCUT2D eigenvalue weighted by atomic mass is 31.2. The van der Waals surface area contributed by atoms with Crippen LogP contribution < -0.4 is 15.3 Å². The van der Waals surface area contributed by atoms with Crippen LogP contribution in [0.2, 0.25) is 0 Å². The third kappa shape index (κ3) is 6.22. The van der Waals surface area contributed by atoms with Crippen LogP contribution in [0.4, 0.5) is 0 Å². The van der Waals surface area contributed by atoms with E-state index < -0.39 is 24.6 Å². The Morgan fingerprint density at radius 2 is 1.31 bits per heavy atom. The predicted molar refractivity (Wildman–Crippen MR) is 157 cm³/mol. The molecule has 39 heavy (non-hydrogen) atoms. The Kier molecular flexibility index (Phi) is 8.86. The summed E-state index contributed by atoms with van der Waals surface area (Å²) in [6, 6.07) is 34.6. The zero-order chi connectivity index (χ0) is 27.9. The van der Waals surface area contributed by atoms with E-state index >= 15 is 4.57 Å². The van der Waals surface area contributed by atoms with Gasteiger partial charge in [-0.15, -0.1) is 0 Å². The summed E-state index contributed by atoms with van der Waals surface area (Å²) >= 11 is 0. The Balaban J connectivity index is 1.96. The van der Waals surface area contributed by atoms with Gasteiger partial charge < -0.3 is 19.1 Å². The van der Waals surface area contributed by atoms with Crippen molar-refractivity contribution >= 4 is 29.8 Å². The molecule has 0 saturated heterocycles. The molecule has 1 atom stereocenters. The standard InChI is InChI=1S/C33H33O5P/c1-33(2,24-34)31(38-32(35)26-19-21-27(37-3)22-20-26)30(23-25-13-7-4-8-14-25)39(36,28-15-9-5-10-16-28)29-17-11-6-12-18-29/h4-23,31,34H,24H2,1-3H3/b30-23+. The largest absolute Gasteiger partial charge is 0.497 e. The summed E-state index contributed by atoms with van der Waals surface area (Å²) in [7, 11) is -2.02. The first kappa shape index (κ1) is 28.1. The summed E-state index contributed by atoms with van der Waals surface area (Å²) in [5.74, 6) is 0.0249. The van der Waals surface area contributed by atoms with E-state index in [9.17, 15) is 9.90 Å². The van der Waals surface area contributed by atoms with Gasteiger partial charge in [0.05, 0.1) is 19.3 Å². The maximum atomic E-state index is 15.6. The number of hydrogen-bond donors (Lipinski definition) is 1. The first-order chi connectivity index (χ1) is 18.8. The third-order valence-corrected chi connectivity index (χ3v) is 9.80. The van der Waals surface area contributed by atoms with E-state index in [1.807, 2.05) is 97.1 Å². The molecule has 6 heteroatoms. The summed E-state index contributed by atoms with van der Waals surface area (Å²) in [5.41, 5.74) is 0.156. The molecule has 1 N–H and O–H groups in total. The Morgan fingerprint density at radius 3 is 1.77 bits per heavy atom. The van der Waals surface area contributed by atoms with Crippen LogP contribution in [-0.4, -0.2) is 30.9 Å². The maximum Gasteiger partial charge on any atom is 0.338 e. The summed E-state index contributed by atoms with van der Waals surface area (Å²) in [5, 5.41) is 12.2. The topological polar surface area (TPSA) is 72.8 Å². The number of aliphatic hydroxyl groups is 1. The lowest BCUT2D eigenvalue weighted by Crippen LogP contribution is -2.40. The van der Waals surface area contributed by atoms with Crippen molar-refractivity contribution in [3.63, 3.8) is 0 Å². The zero-order valence-corrected chi connectivity index (χ0v) is 23.3. The summed E-state index contributed by atoms with van der Waals surface area (Å²) in [6.45, 7) is 3.31. The van der Waals surface area contributed by atoms with Gasteiger partial charge in [-0.3, -0.25) is 0 Å². The maximum absolute atomic E-state index is 15.6. The van der Waals surface area contributed by atoms with Gasteiger partial charge in [-0.05, 0) is 35.9 Å². The third-order valence-electron chi connectivity index (χ3n) is 6.65. The molecule has 0 amide bonds. The van der Waals surface area contributed by atoms with Crippen LogP contribution in [-0.2, 0) is 9.30 Å². The molecule has 0 heterocycles. The Bertz CT molecular complexity index is 1400. The number of rotatable bonds is 10. The molecular weight excluding hydrogens is 507 g/mol. The van der Waals surface area contributed by atoms with Crippen LogP contribution >= 0.6 is 7.14 Å². The molecule has 0 aliphatic heterocycles. The van der Waals surface area contributed by atoms with E-state index in [4.69, 9.17) is 9.47 Å². The van der Waals surface area contributed by atoms with Gasteiger partial charge in [0.25, 0.3) is 0 Å². The van der Waals surface area contributed by atoms with E-state index in [0.29, 0.717) is 27.2 Å². The number of methoxy groups -OCH3 is 1. The van der Waals surface area contributed by atoms with Crippen LogP contribution in [0.15, 0.2) is 121 Å². The second-order valence-corrected chi connectivity index (χ2v) is 12.7. The van der Waals surface area contributed by atoms with Gasteiger partial charge in [-0.2, -0.15) is 0 Å². The van der Waals surface area contributed by atoms with Crippen molar-refractivity contribution in [2.75, 3.05) is 13.7 Å². The lowest BCUT2D eigenvalue weighted by molar-refractivity contribution is -0.00773. The van der Waals surface area contributed by atoms with E-state index in [1.54, 1.807) is 45.2 Å². The van der Waals surface area contributed by atoms with Crippen LogP contribution in [0.3, 0.4) is 0 Å². The molecule has 4 rings (SSSR count). The van der Waals surface area contributed by atoms with Crippen molar-refractivity contribution in [2.24, 2.45) is 5.41 Å². The van der Waals surface area contributed by atoms with Gasteiger partial charge in [-0.1, -0.05) is 105 Å². The van der Waals surface area contributed by atoms with E-state index in [2.05, 4.69) is 0 Å². The number of carbonyl (C=O) groups excluding carboxylic acids is 1. The highest BCUT2D eigenvalue weighted by Crippen LogP contribution is 2.57. The van der Waals surface area contributed by atoms with Crippen LogP contribution in [0.25, 0.3) is 6.08 Å². The predicted octanol–water partition coefficient (Wildman–Crippen LogP) is 6.29. The molecule has 0 radical (unpaired) electrons. The van der Waals surface area contributed by atoms with Crippen molar-refractivity contribution in [3.05, 3.63) is 132 Å². The van der Waals surface area contributed by atoms with E-state index in [1.165, 1.54) is 0 Å². The normalized spacial score (nSPS) is 13.0.